The highest BCUT2D eigenvalue weighted by Gasteiger charge is 2.29. The smallest absolute Gasteiger partial charge is 0.322 e. The molecular formula is C23H24N4O4. The number of hydrogen-bond donors (Lipinski definition) is 1. The van der Waals surface area contributed by atoms with Crippen molar-refractivity contribution in [2.75, 3.05) is 25.1 Å². The number of ether oxygens (including phenoxy) is 2. The largest absolute Gasteiger partial charge is 0.486 e. The molecule has 0 spiro atoms. The zero-order valence-corrected chi connectivity index (χ0v) is 17.1. The maximum atomic E-state index is 12.9. The number of carbonyl (C=O) groups is 1. The Morgan fingerprint density at radius 3 is 2.81 bits per heavy atom. The van der Waals surface area contributed by atoms with Gasteiger partial charge in [-0.2, -0.15) is 4.98 Å². The predicted molar refractivity (Wildman–Crippen MR) is 114 cm³/mol. The first-order chi connectivity index (χ1) is 15.3. The van der Waals surface area contributed by atoms with Gasteiger partial charge in [-0.25, -0.2) is 4.79 Å². The molecule has 0 saturated carbocycles. The van der Waals surface area contributed by atoms with Gasteiger partial charge in [0.05, 0.1) is 0 Å². The van der Waals surface area contributed by atoms with Gasteiger partial charge in [-0.3, -0.25) is 0 Å². The number of rotatable bonds is 5. The summed E-state index contributed by atoms with van der Waals surface area (Å²) >= 11 is 0. The normalized spacial score (nSPS) is 17.5. The third-order valence-corrected chi connectivity index (χ3v) is 5.62. The molecule has 1 aromatic heterocycles. The van der Waals surface area contributed by atoms with Crippen LogP contribution in [0.25, 0.3) is 11.5 Å². The lowest BCUT2D eigenvalue weighted by atomic mass is 10.1. The van der Waals surface area contributed by atoms with Gasteiger partial charge in [0.2, 0.25) is 0 Å². The number of nitrogens with one attached hydrogen (secondary N) is 1. The molecule has 31 heavy (non-hydrogen) atoms. The van der Waals surface area contributed by atoms with Gasteiger partial charge in [0, 0.05) is 36.3 Å². The van der Waals surface area contributed by atoms with Gasteiger partial charge in [-0.15, -0.1) is 0 Å². The quantitative estimate of drug-likeness (QED) is 0.667. The van der Waals surface area contributed by atoms with Crippen molar-refractivity contribution in [3.63, 3.8) is 0 Å². The molecule has 1 N–H and O–H groups in total. The van der Waals surface area contributed by atoms with Crippen molar-refractivity contribution in [2.24, 2.45) is 0 Å². The van der Waals surface area contributed by atoms with E-state index < -0.39 is 0 Å². The van der Waals surface area contributed by atoms with Crippen LogP contribution in [0.1, 0.15) is 25.1 Å². The van der Waals surface area contributed by atoms with Gasteiger partial charge in [-0.05, 0) is 43.5 Å². The summed E-state index contributed by atoms with van der Waals surface area (Å²) < 4.78 is 16.5. The summed E-state index contributed by atoms with van der Waals surface area (Å²) in [6.45, 7) is 1.80. The van der Waals surface area contributed by atoms with E-state index in [4.69, 9.17) is 14.0 Å². The molecule has 2 amide bonds. The molecule has 8 heteroatoms. The molecule has 1 fully saturated rings. The first-order valence-electron chi connectivity index (χ1n) is 10.6. The molecule has 0 bridgehead atoms. The Balaban J connectivity index is 1.19. The van der Waals surface area contributed by atoms with Crippen molar-refractivity contribution >= 4 is 11.7 Å². The molecule has 1 saturated heterocycles. The third-order valence-electron chi connectivity index (χ3n) is 5.62. The van der Waals surface area contributed by atoms with Crippen LogP contribution >= 0.6 is 0 Å². The minimum Gasteiger partial charge on any atom is -0.486 e. The molecular weight excluding hydrogens is 396 g/mol. The molecule has 2 aromatic carbocycles. The molecule has 2 aliphatic rings. The minimum absolute atomic E-state index is 0.0998. The molecule has 5 rings (SSSR count). The number of nitrogens with zero attached hydrogens (tertiary/aromatic N) is 3. The summed E-state index contributed by atoms with van der Waals surface area (Å²) in [6, 6.07) is 15.2. The fourth-order valence-electron chi connectivity index (χ4n) is 4.07. The number of carbonyl (C=O) groups excluding carboxylic acids is 1. The summed E-state index contributed by atoms with van der Waals surface area (Å²) in [6.07, 6.45) is 3.41. The number of aryl methyl sites for hydroxylation is 1. The average molecular weight is 420 g/mol. The van der Waals surface area contributed by atoms with Crippen LogP contribution in [0.2, 0.25) is 0 Å². The van der Waals surface area contributed by atoms with E-state index in [-0.39, 0.29) is 12.1 Å². The molecule has 2 aliphatic heterocycles. The monoisotopic (exact) mass is 420 g/mol. The van der Waals surface area contributed by atoms with E-state index in [2.05, 4.69) is 15.5 Å². The van der Waals surface area contributed by atoms with Crippen molar-refractivity contribution in [1.82, 2.24) is 15.0 Å². The Kier molecular flexibility index (Phi) is 5.43. The van der Waals surface area contributed by atoms with Gasteiger partial charge >= 0.3 is 6.03 Å². The molecule has 160 valence electrons. The molecule has 8 nitrogen and oxygen atoms in total. The van der Waals surface area contributed by atoms with E-state index in [0.717, 1.165) is 31.4 Å². The van der Waals surface area contributed by atoms with Crippen LogP contribution in [-0.4, -0.2) is 46.9 Å². The lowest BCUT2D eigenvalue weighted by Crippen LogP contribution is -2.39. The summed E-state index contributed by atoms with van der Waals surface area (Å²) in [5.74, 6) is 2.56. The maximum absolute atomic E-state index is 12.9. The van der Waals surface area contributed by atoms with Crippen molar-refractivity contribution < 1.29 is 18.8 Å². The van der Waals surface area contributed by atoms with Crippen LogP contribution in [0.5, 0.6) is 11.5 Å². The first kappa shape index (κ1) is 19.4. The topological polar surface area (TPSA) is 89.7 Å². The Bertz CT molecular complexity index is 1050. The van der Waals surface area contributed by atoms with E-state index in [1.165, 1.54) is 0 Å². The highest BCUT2D eigenvalue weighted by Crippen LogP contribution is 2.33. The van der Waals surface area contributed by atoms with Crippen molar-refractivity contribution in [3.8, 4) is 23.0 Å². The fraction of sp³-hybridized carbons (Fsp3) is 0.348. The summed E-state index contributed by atoms with van der Waals surface area (Å²) in [5, 5.41) is 7.09. The first-order valence-corrected chi connectivity index (χ1v) is 10.6. The summed E-state index contributed by atoms with van der Waals surface area (Å²) in [7, 11) is 0. The summed E-state index contributed by atoms with van der Waals surface area (Å²) in [4.78, 5) is 19.3. The fourth-order valence-corrected chi connectivity index (χ4v) is 4.07. The second-order valence-electron chi connectivity index (χ2n) is 7.70. The van der Waals surface area contributed by atoms with Gasteiger partial charge in [-0.1, -0.05) is 23.4 Å². The van der Waals surface area contributed by atoms with Crippen molar-refractivity contribution in [2.45, 2.75) is 31.7 Å². The standard InChI is InChI=1S/C23H24N4O4/c28-23(24-17-8-10-19-20(15-17)30-14-13-29-19)27-12-4-7-18(27)9-11-21-25-22(31-26-21)16-5-2-1-3-6-16/h1-3,5-6,8,10,15,18H,4,7,9,11-14H2,(H,24,28). The number of likely N-dealkylation sites (tertiary alicyclic amines) is 1. The molecule has 0 radical (unpaired) electrons. The van der Waals surface area contributed by atoms with Gasteiger partial charge < -0.3 is 24.2 Å². The molecule has 3 heterocycles. The Labute approximate surface area is 180 Å². The second-order valence-corrected chi connectivity index (χ2v) is 7.70. The van der Waals surface area contributed by atoms with E-state index in [0.29, 0.717) is 48.5 Å². The van der Waals surface area contributed by atoms with Crippen LogP contribution in [0.15, 0.2) is 53.1 Å². The van der Waals surface area contributed by atoms with Crippen LogP contribution in [0, 0.1) is 0 Å². The average Bonchev–Trinajstić information content (AvgIpc) is 3.48. The van der Waals surface area contributed by atoms with Crippen molar-refractivity contribution in [1.29, 1.82) is 0 Å². The summed E-state index contributed by atoms with van der Waals surface area (Å²) in [5.41, 5.74) is 1.60. The highest BCUT2D eigenvalue weighted by molar-refractivity contribution is 5.90. The minimum atomic E-state index is -0.0998. The van der Waals surface area contributed by atoms with Gasteiger partial charge in [0.25, 0.3) is 5.89 Å². The number of anilines is 1. The zero-order chi connectivity index (χ0) is 21.0. The number of urea groups is 1. The predicted octanol–water partition coefficient (Wildman–Crippen LogP) is 4.14. The number of amides is 2. The molecule has 3 aromatic rings. The van der Waals surface area contributed by atoms with Gasteiger partial charge in [0.1, 0.15) is 13.2 Å². The van der Waals surface area contributed by atoms with Crippen LogP contribution < -0.4 is 14.8 Å². The third kappa shape index (κ3) is 4.33. The SMILES string of the molecule is O=C(Nc1ccc2c(c1)OCCO2)N1CCCC1CCc1noc(-c2ccccc2)n1. The zero-order valence-electron chi connectivity index (χ0n) is 17.1. The molecule has 1 atom stereocenters. The lowest BCUT2D eigenvalue weighted by molar-refractivity contribution is 0.171. The highest BCUT2D eigenvalue weighted by atomic mass is 16.6. The Morgan fingerprint density at radius 2 is 1.94 bits per heavy atom. The number of hydrogen-bond acceptors (Lipinski definition) is 6. The van der Waals surface area contributed by atoms with E-state index in [1.54, 1.807) is 0 Å². The number of benzene rings is 2. The van der Waals surface area contributed by atoms with E-state index in [9.17, 15) is 4.79 Å². The lowest BCUT2D eigenvalue weighted by Gasteiger charge is -2.25. The van der Waals surface area contributed by atoms with Crippen molar-refractivity contribution in [3.05, 3.63) is 54.4 Å². The second kappa shape index (κ2) is 8.67. The van der Waals surface area contributed by atoms with Crippen LogP contribution in [-0.2, 0) is 6.42 Å². The van der Waals surface area contributed by atoms with E-state index >= 15 is 0 Å². The molecule has 0 aliphatic carbocycles. The Morgan fingerprint density at radius 1 is 1.10 bits per heavy atom. The van der Waals surface area contributed by atoms with Gasteiger partial charge in [0.15, 0.2) is 17.3 Å². The maximum Gasteiger partial charge on any atom is 0.322 e. The molecule has 1 unspecified atom stereocenters. The number of aromatic nitrogens is 2. The Hall–Kier alpha value is -3.55. The van der Waals surface area contributed by atoms with Crippen LogP contribution in [0.3, 0.4) is 0 Å². The van der Waals surface area contributed by atoms with E-state index in [1.807, 2.05) is 53.4 Å². The number of fused-ring (bicyclic) bond motifs is 1. The van der Waals surface area contributed by atoms with Crippen LogP contribution in [0.4, 0.5) is 10.5 Å².